The molecule has 190 valence electrons. The van der Waals surface area contributed by atoms with Gasteiger partial charge in [0, 0.05) is 30.9 Å². The standard InChI is InChI=1S/C31H32FN2O3/c1-22-12-13-26(18-28(22)32)36-29-21-34(16-14-23(29)15-17-34)20-27-19-30(33-37-27)31(35,24-8-4-2-5-9-24)25-10-6-3-7-11-25/h2-13,18-19,23,29,35H,14-17,20-21H2,1H3/q+1/t23?,29-,34?/m0/s1. The number of nitrogens with zero attached hydrogens (tertiary/aromatic N) is 2. The first-order valence-electron chi connectivity index (χ1n) is 13.0. The van der Waals surface area contributed by atoms with Crippen molar-refractivity contribution < 1.29 is 23.2 Å². The van der Waals surface area contributed by atoms with E-state index in [9.17, 15) is 9.50 Å². The van der Waals surface area contributed by atoms with Gasteiger partial charge >= 0.3 is 0 Å². The molecular weight excluding hydrogens is 467 g/mol. The van der Waals surface area contributed by atoms with Crippen LogP contribution in [0.3, 0.4) is 0 Å². The Morgan fingerprint density at radius 3 is 2.24 bits per heavy atom. The minimum Gasteiger partial charge on any atom is -0.484 e. The fourth-order valence-electron chi connectivity index (χ4n) is 6.11. The van der Waals surface area contributed by atoms with Gasteiger partial charge in [0.2, 0.25) is 0 Å². The highest BCUT2D eigenvalue weighted by Crippen LogP contribution is 2.40. The van der Waals surface area contributed by atoms with Gasteiger partial charge in [-0.3, -0.25) is 0 Å². The van der Waals surface area contributed by atoms with Crippen LogP contribution in [0.5, 0.6) is 5.75 Å². The second kappa shape index (κ2) is 9.43. The number of piperidine rings is 3. The van der Waals surface area contributed by atoms with Crippen LogP contribution in [0.2, 0.25) is 0 Å². The van der Waals surface area contributed by atoms with Gasteiger partial charge < -0.3 is 18.8 Å². The summed E-state index contributed by atoms with van der Waals surface area (Å²) in [6, 6.07) is 26.2. The highest BCUT2D eigenvalue weighted by atomic mass is 19.1. The third kappa shape index (κ3) is 4.45. The van der Waals surface area contributed by atoms with Gasteiger partial charge in [0.15, 0.2) is 17.5 Å². The molecule has 37 heavy (non-hydrogen) atoms. The van der Waals surface area contributed by atoms with Gasteiger partial charge in [-0.1, -0.05) is 71.9 Å². The van der Waals surface area contributed by atoms with E-state index in [4.69, 9.17) is 9.26 Å². The normalized spacial score (nSPS) is 23.2. The Morgan fingerprint density at radius 1 is 0.973 bits per heavy atom. The Bertz CT molecular complexity index is 1320. The number of benzene rings is 3. The molecule has 0 aliphatic carbocycles. The molecule has 1 N–H and O–H groups in total. The minimum atomic E-state index is -1.42. The lowest BCUT2D eigenvalue weighted by atomic mass is 9.82. The summed E-state index contributed by atoms with van der Waals surface area (Å²) in [6.45, 7) is 5.38. The molecular formula is C31H32FN2O3+. The van der Waals surface area contributed by atoms with E-state index >= 15 is 0 Å². The summed E-state index contributed by atoms with van der Waals surface area (Å²) in [6.07, 6.45) is 2.17. The number of aromatic nitrogens is 1. The number of hydrogen-bond acceptors (Lipinski definition) is 4. The zero-order valence-electron chi connectivity index (χ0n) is 21.0. The summed E-state index contributed by atoms with van der Waals surface area (Å²) in [5, 5.41) is 16.4. The third-order valence-corrected chi connectivity index (χ3v) is 8.28. The monoisotopic (exact) mass is 499 g/mol. The molecule has 3 aliphatic heterocycles. The van der Waals surface area contributed by atoms with Crippen LogP contribution in [0.25, 0.3) is 0 Å². The topological polar surface area (TPSA) is 55.5 Å². The van der Waals surface area contributed by atoms with Crippen LogP contribution in [-0.2, 0) is 12.1 Å². The molecule has 0 radical (unpaired) electrons. The van der Waals surface area contributed by atoms with E-state index in [2.05, 4.69) is 5.16 Å². The lowest BCUT2D eigenvalue weighted by Gasteiger charge is -2.51. The highest BCUT2D eigenvalue weighted by molar-refractivity contribution is 5.44. The molecule has 7 rings (SSSR count). The number of aryl methyl sites for hydroxylation is 1. The quantitative estimate of drug-likeness (QED) is 0.337. The molecule has 4 aromatic rings. The van der Waals surface area contributed by atoms with E-state index in [-0.39, 0.29) is 11.9 Å². The average molecular weight is 500 g/mol. The van der Waals surface area contributed by atoms with Crippen molar-refractivity contribution in [3.63, 3.8) is 0 Å². The smallest absolute Gasteiger partial charge is 0.191 e. The summed E-state index contributed by atoms with van der Waals surface area (Å²) in [5.74, 6) is 1.59. The van der Waals surface area contributed by atoms with Gasteiger partial charge in [-0.05, 0) is 29.7 Å². The van der Waals surface area contributed by atoms with Gasteiger partial charge in [0.1, 0.15) is 30.4 Å². The van der Waals surface area contributed by atoms with Crippen molar-refractivity contribution in [2.24, 2.45) is 5.92 Å². The number of ether oxygens (including phenoxy) is 1. The predicted octanol–water partition coefficient (Wildman–Crippen LogP) is 5.59. The van der Waals surface area contributed by atoms with Gasteiger partial charge in [0.25, 0.3) is 0 Å². The number of halogens is 1. The molecule has 0 amide bonds. The molecule has 3 fully saturated rings. The second-order valence-corrected chi connectivity index (χ2v) is 10.7. The molecule has 0 spiro atoms. The summed E-state index contributed by atoms with van der Waals surface area (Å²) < 4.78 is 27.1. The molecule has 3 saturated heterocycles. The Morgan fingerprint density at radius 2 is 1.62 bits per heavy atom. The van der Waals surface area contributed by atoms with Gasteiger partial charge in [-0.2, -0.15) is 0 Å². The maximum absolute atomic E-state index is 14.1. The largest absolute Gasteiger partial charge is 0.484 e. The van der Waals surface area contributed by atoms with Crippen LogP contribution in [0.4, 0.5) is 4.39 Å². The second-order valence-electron chi connectivity index (χ2n) is 10.7. The summed E-state index contributed by atoms with van der Waals surface area (Å²) >= 11 is 0. The van der Waals surface area contributed by atoms with Crippen LogP contribution < -0.4 is 4.74 Å². The van der Waals surface area contributed by atoms with Gasteiger partial charge in [-0.15, -0.1) is 0 Å². The molecule has 4 heterocycles. The summed E-state index contributed by atoms with van der Waals surface area (Å²) in [4.78, 5) is 0. The zero-order valence-corrected chi connectivity index (χ0v) is 21.0. The molecule has 1 aromatic heterocycles. The molecule has 3 aliphatic rings. The highest BCUT2D eigenvalue weighted by Gasteiger charge is 2.48. The van der Waals surface area contributed by atoms with Crippen molar-refractivity contribution in [3.05, 3.63) is 119 Å². The number of aliphatic hydroxyl groups is 1. The van der Waals surface area contributed by atoms with Gasteiger partial charge in [0.05, 0.1) is 13.1 Å². The first kappa shape index (κ1) is 23.9. The van der Waals surface area contributed by atoms with E-state index in [0.717, 1.165) is 53.8 Å². The van der Waals surface area contributed by atoms with Crippen molar-refractivity contribution in [1.29, 1.82) is 0 Å². The number of fused-ring (bicyclic) bond motifs is 3. The molecule has 2 bridgehead atoms. The molecule has 1 atom stereocenters. The first-order chi connectivity index (χ1) is 18.0. The predicted molar refractivity (Wildman–Crippen MR) is 138 cm³/mol. The zero-order chi connectivity index (χ0) is 25.5. The lowest BCUT2D eigenvalue weighted by molar-refractivity contribution is -0.959. The van der Waals surface area contributed by atoms with Crippen molar-refractivity contribution in [2.75, 3.05) is 19.6 Å². The fraction of sp³-hybridized carbons (Fsp3) is 0.323. The van der Waals surface area contributed by atoms with Gasteiger partial charge in [-0.25, -0.2) is 4.39 Å². The van der Waals surface area contributed by atoms with Crippen LogP contribution in [0.15, 0.2) is 89.5 Å². The maximum atomic E-state index is 14.1. The van der Waals surface area contributed by atoms with E-state index in [1.165, 1.54) is 6.07 Å². The van der Waals surface area contributed by atoms with Crippen molar-refractivity contribution in [1.82, 2.24) is 5.16 Å². The maximum Gasteiger partial charge on any atom is 0.191 e. The van der Waals surface area contributed by atoms with E-state index in [1.54, 1.807) is 13.0 Å². The van der Waals surface area contributed by atoms with Crippen molar-refractivity contribution in [2.45, 2.75) is 38.0 Å². The van der Waals surface area contributed by atoms with Crippen molar-refractivity contribution >= 4 is 0 Å². The average Bonchev–Trinajstić information content (AvgIpc) is 3.40. The van der Waals surface area contributed by atoms with Crippen LogP contribution >= 0.6 is 0 Å². The minimum absolute atomic E-state index is 0.0394. The fourth-order valence-corrected chi connectivity index (χ4v) is 6.11. The SMILES string of the molecule is Cc1ccc(O[C@H]2C[N+]3(Cc4cc(C(O)(c5ccccc5)c5ccccc5)no4)CCC2CC3)cc1F. The number of hydrogen-bond donors (Lipinski definition) is 1. The number of quaternary nitrogens is 1. The molecule has 5 nitrogen and oxygen atoms in total. The Labute approximate surface area is 216 Å². The van der Waals surface area contributed by atoms with Crippen LogP contribution in [-0.4, -0.2) is 40.5 Å². The van der Waals surface area contributed by atoms with Crippen LogP contribution in [0, 0.1) is 18.7 Å². The lowest BCUT2D eigenvalue weighted by Crippen LogP contribution is -2.64. The molecule has 3 aromatic carbocycles. The molecule has 6 heteroatoms. The number of rotatable bonds is 7. The Hall–Kier alpha value is -3.48. The van der Waals surface area contributed by atoms with E-state index in [0.29, 0.717) is 29.5 Å². The Balaban J connectivity index is 1.25. The summed E-state index contributed by atoms with van der Waals surface area (Å²) in [5.41, 5.74) is 1.17. The van der Waals surface area contributed by atoms with E-state index in [1.807, 2.05) is 72.8 Å². The van der Waals surface area contributed by atoms with Crippen LogP contribution in [0.1, 0.15) is 41.0 Å². The van der Waals surface area contributed by atoms with Crippen molar-refractivity contribution in [3.8, 4) is 5.75 Å². The summed E-state index contributed by atoms with van der Waals surface area (Å²) in [7, 11) is 0. The van der Waals surface area contributed by atoms with E-state index < -0.39 is 5.60 Å². The third-order valence-electron chi connectivity index (χ3n) is 8.28. The Kier molecular flexibility index (Phi) is 6.09. The molecule has 0 saturated carbocycles. The molecule has 0 unspecified atom stereocenters. The first-order valence-corrected chi connectivity index (χ1v) is 13.0.